The summed E-state index contributed by atoms with van der Waals surface area (Å²) in [5.74, 6) is 1.50. The lowest BCUT2D eigenvalue weighted by Crippen LogP contribution is -2.01. The van der Waals surface area contributed by atoms with Crippen LogP contribution in [0.2, 0.25) is 4.34 Å². The van der Waals surface area contributed by atoms with Crippen molar-refractivity contribution in [1.82, 2.24) is 0 Å². The van der Waals surface area contributed by atoms with E-state index in [-0.39, 0.29) is 5.92 Å². The van der Waals surface area contributed by atoms with Gasteiger partial charge in [-0.3, -0.25) is 4.79 Å². The molecule has 0 aliphatic heterocycles. The van der Waals surface area contributed by atoms with Crippen molar-refractivity contribution in [1.29, 1.82) is 0 Å². The normalized spacial score (nSPS) is 26.8. The number of carbonyl (C=O) groups excluding carboxylic acids is 1. The standard InChI is InChI=1S/C17H15ClOS/c1-9-8-13(20-17(9)18)16(19)15-12-7-6-10-4-2-3-5-11(10)14(12)15/h2-5,8,12,14-15H,6-7H2,1H3. The van der Waals surface area contributed by atoms with E-state index in [1.54, 1.807) is 0 Å². The van der Waals surface area contributed by atoms with Gasteiger partial charge in [-0.2, -0.15) is 0 Å². The minimum atomic E-state index is 0.188. The topological polar surface area (TPSA) is 17.1 Å². The van der Waals surface area contributed by atoms with Gasteiger partial charge in [0, 0.05) is 5.92 Å². The number of thiophene rings is 1. The van der Waals surface area contributed by atoms with Crippen molar-refractivity contribution in [3.8, 4) is 0 Å². The van der Waals surface area contributed by atoms with Gasteiger partial charge < -0.3 is 0 Å². The van der Waals surface area contributed by atoms with Gasteiger partial charge in [0.2, 0.25) is 0 Å². The second-order valence-corrected chi connectivity index (χ2v) is 7.54. The van der Waals surface area contributed by atoms with Crippen molar-refractivity contribution in [3.63, 3.8) is 0 Å². The number of hydrogen-bond donors (Lipinski definition) is 0. The first kappa shape index (κ1) is 12.6. The first-order valence-electron chi connectivity index (χ1n) is 7.05. The zero-order valence-electron chi connectivity index (χ0n) is 11.2. The molecule has 2 aliphatic rings. The Hall–Kier alpha value is -1.12. The van der Waals surface area contributed by atoms with Crippen LogP contribution < -0.4 is 0 Å². The summed E-state index contributed by atoms with van der Waals surface area (Å²) in [6.07, 6.45) is 2.27. The Bertz CT molecular complexity index is 683. The fourth-order valence-electron chi connectivity index (χ4n) is 3.67. The van der Waals surface area contributed by atoms with Gasteiger partial charge >= 0.3 is 0 Å². The monoisotopic (exact) mass is 302 g/mol. The van der Waals surface area contributed by atoms with E-state index in [2.05, 4.69) is 24.3 Å². The average Bonchev–Trinajstić information content (AvgIpc) is 3.11. The third-order valence-corrected chi connectivity index (χ3v) is 6.30. The Morgan fingerprint density at radius 2 is 2.15 bits per heavy atom. The van der Waals surface area contributed by atoms with Gasteiger partial charge in [0.25, 0.3) is 0 Å². The van der Waals surface area contributed by atoms with Gasteiger partial charge in [0.15, 0.2) is 5.78 Å². The highest BCUT2D eigenvalue weighted by molar-refractivity contribution is 7.18. The first-order valence-corrected chi connectivity index (χ1v) is 8.24. The van der Waals surface area contributed by atoms with E-state index in [1.165, 1.54) is 22.5 Å². The number of hydrogen-bond acceptors (Lipinski definition) is 2. The zero-order valence-corrected chi connectivity index (χ0v) is 12.8. The SMILES string of the molecule is Cc1cc(C(=O)C2C3CCc4ccccc4C32)sc1Cl. The summed E-state index contributed by atoms with van der Waals surface area (Å²) < 4.78 is 0.748. The summed E-state index contributed by atoms with van der Waals surface area (Å²) in [5, 5.41) is 0. The van der Waals surface area contributed by atoms with Crippen LogP contribution in [-0.2, 0) is 6.42 Å². The quantitative estimate of drug-likeness (QED) is 0.723. The summed E-state index contributed by atoms with van der Waals surface area (Å²) in [4.78, 5) is 13.5. The van der Waals surface area contributed by atoms with Crippen LogP contribution >= 0.6 is 22.9 Å². The van der Waals surface area contributed by atoms with Crippen LogP contribution in [0, 0.1) is 18.8 Å². The Kier molecular flexibility index (Phi) is 2.80. The van der Waals surface area contributed by atoms with E-state index < -0.39 is 0 Å². The Balaban J connectivity index is 1.65. The molecule has 3 atom stereocenters. The smallest absolute Gasteiger partial charge is 0.176 e. The van der Waals surface area contributed by atoms with E-state index in [1.807, 2.05) is 13.0 Å². The predicted molar refractivity (Wildman–Crippen MR) is 82.9 cm³/mol. The minimum absolute atomic E-state index is 0.188. The van der Waals surface area contributed by atoms with Crippen LogP contribution in [0.5, 0.6) is 0 Å². The fraction of sp³-hybridized carbons (Fsp3) is 0.353. The highest BCUT2D eigenvalue weighted by atomic mass is 35.5. The lowest BCUT2D eigenvalue weighted by atomic mass is 9.92. The molecule has 1 nitrogen and oxygen atoms in total. The average molecular weight is 303 g/mol. The number of carbonyl (C=O) groups is 1. The molecule has 0 amide bonds. The van der Waals surface area contributed by atoms with Gasteiger partial charge in [-0.15, -0.1) is 11.3 Å². The lowest BCUT2D eigenvalue weighted by molar-refractivity contribution is 0.0963. The number of ketones is 1. The second kappa shape index (κ2) is 4.44. The minimum Gasteiger partial charge on any atom is -0.293 e. The predicted octanol–water partition coefficient (Wildman–Crippen LogP) is 4.87. The van der Waals surface area contributed by atoms with Crippen molar-refractivity contribution in [2.24, 2.45) is 11.8 Å². The molecule has 102 valence electrons. The Morgan fingerprint density at radius 1 is 1.35 bits per heavy atom. The maximum Gasteiger partial charge on any atom is 0.176 e. The largest absolute Gasteiger partial charge is 0.293 e. The molecule has 0 saturated heterocycles. The molecule has 20 heavy (non-hydrogen) atoms. The van der Waals surface area contributed by atoms with E-state index >= 15 is 0 Å². The van der Waals surface area contributed by atoms with Crippen LogP contribution in [0.4, 0.5) is 0 Å². The summed E-state index contributed by atoms with van der Waals surface area (Å²) >= 11 is 7.53. The van der Waals surface area contributed by atoms with Crippen molar-refractivity contribution in [2.45, 2.75) is 25.7 Å². The van der Waals surface area contributed by atoms with Crippen LogP contribution in [0.1, 0.15) is 38.7 Å². The third kappa shape index (κ3) is 1.78. The fourth-order valence-corrected chi connectivity index (χ4v) is 4.86. The highest BCUT2D eigenvalue weighted by Gasteiger charge is 2.57. The number of rotatable bonds is 2. The van der Waals surface area contributed by atoms with Gasteiger partial charge in [0.05, 0.1) is 9.21 Å². The molecule has 1 heterocycles. The van der Waals surface area contributed by atoms with Crippen LogP contribution in [0.25, 0.3) is 0 Å². The van der Waals surface area contributed by atoms with Gasteiger partial charge in [-0.25, -0.2) is 0 Å². The summed E-state index contributed by atoms with van der Waals surface area (Å²) in [5.41, 5.74) is 3.86. The second-order valence-electron chi connectivity index (χ2n) is 5.88. The van der Waals surface area contributed by atoms with Gasteiger partial charge in [-0.1, -0.05) is 35.9 Å². The molecule has 0 radical (unpaired) electrons. The highest BCUT2D eigenvalue weighted by Crippen LogP contribution is 2.61. The molecule has 3 unspecified atom stereocenters. The zero-order chi connectivity index (χ0) is 13.9. The molecule has 0 spiro atoms. The molecule has 2 aromatic rings. The Morgan fingerprint density at radius 3 is 2.90 bits per heavy atom. The maximum atomic E-state index is 12.7. The molecule has 0 bridgehead atoms. The molecule has 4 rings (SSSR count). The Labute approximate surface area is 127 Å². The molecule has 0 N–H and O–H groups in total. The molecule has 3 heteroatoms. The lowest BCUT2D eigenvalue weighted by Gasteiger charge is -2.13. The van der Waals surface area contributed by atoms with E-state index in [9.17, 15) is 4.79 Å². The summed E-state index contributed by atoms with van der Waals surface area (Å²) in [7, 11) is 0. The molecular weight excluding hydrogens is 288 g/mol. The van der Waals surface area contributed by atoms with Gasteiger partial charge in [-0.05, 0) is 54.4 Å². The first-order chi connectivity index (χ1) is 9.66. The van der Waals surface area contributed by atoms with Crippen molar-refractivity contribution < 1.29 is 4.79 Å². The molecule has 1 aromatic carbocycles. The third-order valence-electron chi connectivity index (χ3n) is 4.73. The molecule has 2 aliphatic carbocycles. The van der Waals surface area contributed by atoms with Crippen molar-refractivity contribution >= 4 is 28.7 Å². The van der Waals surface area contributed by atoms with Crippen molar-refractivity contribution in [2.75, 3.05) is 0 Å². The van der Waals surface area contributed by atoms with Crippen molar-refractivity contribution in [3.05, 3.63) is 56.2 Å². The molecule has 1 fully saturated rings. The molecule has 1 aromatic heterocycles. The molecule has 1 saturated carbocycles. The van der Waals surface area contributed by atoms with Gasteiger partial charge in [0.1, 0.15) is 0 Å². The number of Topliss-reactive ketones (excluding diaryl/α,β-unsaturated/α-hetero) is 1. The summed E-state index contributed by atoms with van der Waals surface area (Å²) in [6, 6.07) is 10.5. The maximum absolute atomic E-state index is 12.7. The number of fused-ring (bicyclic) bond motifs is 3. The van der Waals surface area contributed by atoms with Crippen LogP contribution in [0.3, 0.4) is 0 Å². The van der Waals surface area contributed by atoms with E-state index in [0.29, 0.717) is 17.6 Å². The number of benzene rings is 1. The van der Waals surface area contributed by atoms with Crippen LogP contribution in [-0.4, -0.2) is 5.78 Å². The summed E-state index contributed by atoms with van der Waals surface area (Å²) in [6.45, 7) is 1.96. The van der Waals surface area contributed by atoms with E-state index in [4.69, 9.17) is 11.6 Å². The number of halogens is 1. The molecular formula is C17H15ClOS. The number of aryl methyl sites for hydroxylation is 2. The van der Waals surface area contributed by atoms with Crippen LogP contribution in [0.15, 0.2) is 30.3 Å². The van der Waals surface area contributed by atoms with E-state index in [0.717, 1.165) is 27.6 Å².